The van der Waals surface area contributed by atoms with E-state index in [1.807, 2.05) is 0 Å². The highest BCUT2D eigenvalue weighted by atomic mass is 31.2. The average Bonchev–Trinajstić information content (AvgIpc) is 0.890. The lowest BCUT2D eigenvalue weighted by Gasteiger charge is -2.21. The van der Waals surface area contributed by atoms with Crippen molar-refractivity contribution >= 4 is 33.6 Å². The molecule has 18 heteroatoms. The molecule has 0 saturated carbocycles. The van der Waals surface area contributed by atoms with Gasteiger partial charge in [-0.1, -0.05) is 425 Å². The maximum absolute atomic E-state index is 13.0. The lowest BCUT2D eigenvalue weighted by atomic mass is 10.0. The molecule has 0 bridgehead atoms. The molecule has 121 heavy (non-hydrogen) atoms. The molecule has 0 heterocycles. The largest absolute Gasteiger partial charge is 0.472 e. The summed E-state index contributed by atoms with van der Waals surface area (Å²) in [6.07, 6.45) is 119. The van der Waals surface area contributed by atoms with E-state index in [9.17, 15) is 43.5 Å². The number of ether oxygens (including phenoxy) is 3. The predicted octanol–water partition coefficient (Wildman–Crippen LogP) is 31.1. The number of rotatable bonds is 95. The third kappa shape index (κ3) is 96.4. The molecule has 4 N–H and O–H groups in total. The number of phosphoric acid groups is 2. The van der Waals surface area contributed by atoms with Gasteiger partial charge in [0.1, 0.15) is 25.4 Å². The Morgan fingerprint density at radius 3 is 0.719 bits per heavy atom. The van der Waals surface area contributed by atoms with E-state index < -0.39 is 91.5 Å². The van der Waals surface area contributed by atoms with E-state index in [0.717, 1.165) is 128 Å². The molecule has 0 spiro atoms. The van der Waals surface area contributed by atoms with Gasteiger partial charge in [0.05, 0.1) is 26.4 Å². The number of unbranched alkanes of at least 4 members (excludes halogenated alkanes) is 52. The summed E-state index contributed by atoms with van der Waals surface area (Å²) >= 11 is 0. The molecular weight excluding hydrogens is 1560 g/mol. The summed E-state index contributed by atoms with van der Waals surface area (Å²) in [6, 6.07) is 0. The second kappa shape index (κ2) is 95.1. The van der Waals surface area contributed by atoms with Gasteiger partial charge < -0.3 is 34.2 Å². The number of hydrogen-bond acceptors (Lipinski definition) is 14. The van der Waals surface area contributed by atoms with E-state index in [1.54, 1.807) is 0 Å². The minimum absolute atomic E-state index is 0.0978. The van der Waals surface area contributed by atoms with Crippen molar-refractivity contribution in [3.05, 3.63) is 122 Å². The molecule has 0 amide bonds. The number of allylic oxidation sites excluding steroid dienone is 20. The summed E-state index contributed by atoms with van der Waals surface area (Å²) in [7, 11) is -9.80. The van der Waals surface area contributed by atoms with Crippen molar-refractivity contribution in [3.8, 4) is 0 Å². The number of phosphoric ester groups is 2. The lowest BCUT2D eigenvalue weighted by molar-refractivity contribution is -0.161. The van der Waals surface area contributed by atoms with Crippen molar-refractivity contribution < 1.29 is 75.8 Å². The SMILES string of the molecule is CC/C=C\C/C=C\C/C=C\C/C=C\C/C=C\CCCCCCCCCCCCCCCCCCCCCC(=O)OCC(O)COP(=O)(O)OCC(O)COP(=O)(O)OCC(COC(=O)CCCCCCCCCCCCCCCCCCCCC/C=C\C/C=C\C/C=C\C/C=C\CCCCC)OC(=O)CCCCCCC/C=C\CCCCCCCC. The quantitative estimate of drug-likeness (QED) is 0.0146. The van der Waals surface area contributed by atoms with Crippen LogP contribution in [0.1, 0.15) is 457 Å². The fourth-order valence-electron chi connectivity index (χ4n) is 14.1. The molecule has 0 aliphatic heterocycles. The van der Waals surface area contributed by atoms with Crippen LogP contribution in [0, 0.1) is 0 Å². The minimum atomic E-state index is -4.94. The summed E-state index contributed by atoms with van der Waals surface area (Å²) in [5.41, 5.74) is 0. The van der Waals surface area contributed by atoms with Crippen molar-refractivity contribution in [1.82, 2.24) is 0 Å². The van der Waals surface area contributed by atoms with Crippen LogP contribution < -0.4 is 0 Å². The molecule has 0 aromatic rings. The molecule has 702 valence electrons. The van der Waals surface area contributed by atoms with Crippen molar-refractivity contribution in [3.63, 3.8) is 0 Å². The fourth-order valence-corrected chi connectivity index (χ4v) is 15.7. The third-order valence-electron chi connectivity index (χ3n) is 21.6. The smallest absolute Gasteiger partial charge is 0.463 e. The van der Waals surface area contributed by atoms with Gasteiger partial charge in [-0.2, -0.15) is 0 Å². The van der Waals surface area contributed by atoms with Crippen molar-refractivity contribution in [1.29, 1.82) is 0 Å². The molecule has 5 unspecified atom stereocenters. The molecule has 0 fully saturated rings. The first-order valence-electron chi connectivity index (χ1n) is 49.8. The molecule has 0 aliphatic rings. The number of aliphatic hydroxyl groups is 2. The highest BCUT2D eigenvalue weighted by Gasteiger charge is 2.30. The minimum Gasteiger partial charge on any atom is -0.463 e. The fraction of sp³-hybridized carbons (Fsp3) is 0.777. The average molecular weight is 1740 g/mol. The lowest BCUT2D eigenvalue weighted by Crippen LogP contribution is -2.30. The zero-order valence-electron chi connectivity index (χ0n) is 77.7. The normalized spacial score (nSPS) is 14.2. The number of carbonyl (C=O) groups is 3. The number of carbonyl (C=O) groups excluding carboxylic acids is 3. The Labute approximate surface area is 742 Å². The Morgan fingerprint density at radius 1 is 0.240 bits per heavy atom. The molecular formula is C103H184O16P2. The maximum atomic E-state index is 13.0. The Bertz CT molecular complexity index is 2680. The topological polar surface area (TPSA) is 231 Å². The first kappa shape index (κ1) is 117. The van der Waals surface area contributed by atoms with Crippen molar-refractivity contribution in [2.45, 2.75) is 476 Å². The first-order chi connectivity index (χ1) is 59.2. The van der Waals surface area contributed by atoms with E-state index in [4.69, 9.17) is 32.3 Å². The summed E-state index contributed by atoms with van der Waals surface area (Å²) in [5, 5.41) is 20.7. The molecule has 0 radical (unpaired) electrons. The summed E-state index contributed by atoms with van der Waals surface area (Å²) in [5.74, 6) is -1.56. The van der Waals surface area contributed by atoms with E-state index in [-0.39, 0.29) is 19.3 Å². The van der Waals surface area contributed by atoms with Gasteiger partial charge in [0, 0.05) is 19.3 Å². The van der Waals surface area contributed by atoms with Gasteiger partial charge in [0.15, 0.2) is 6.10 Å². The number of esters is 3. The van der Waals surface area contributed by atoms with Crippen LogP contribution in [0.2, 0.25) is 0 Å². The van der Waals surface area contributed by atoms with Crippen LogP contribution in [-0.4, -0.2) is 95.9 Å². The van der Waals surface area contributed by atoms with E-state index >= 15 is 0 Å². The van der Waals surface area contributed by atoms with Gasteiger partial charge in [-0.25, -0.2) is 9.13 Å². The molecule has 0 saturated heterocycles. The van der Waals surface area contributed by atoms with Gasteiger partial charge in [-0.15, -0.1) is 0 Å². The maximum Gasteiger partial charge on any atom is 0.472 e. The van der Waals surface area contributed by atoms with Crippen LogP contribution in [0.15, 0.2) is 122 Å². The molecule has 16 nitrogen and oxygen atoms in total. The molecule has 5 atom stereocenters. The van der Waals surface area contributed by atoms with Gasteiger partial charge in [-0.05, 0) is 135 Å². The Hall–Kier alpha value is -4.05. The zero-order valence-corrected chi connectivity index (χ0v) is 79.5. The zero-order chi connectivity index (χ0) is 87.9. The summed E-state index contributed by atoms with van der Waals surface area (Å²) in [6.45, 7) is 2.61. The van der Waals surface area contributed by atoms with Gasteiger partial charge in [0.2, 0.25) is 0 Å². The van der Waals surface area contributed by atoms with E-state index in [0.29, 0.717) is 19.3 Å². The van der Waals surface area contributed by atoms with Crippen LogP contribution in [0.25, 0.3) is 0 Å². The molecule has 0 aromatic heterocycles. The second-order valence-electron chi connectivity index (χ2n) is 33.5. The van der Waals surface area contributed by atoms with Gasteiger partial charge >= 0.3 is 33.6 Å². The van der Waals surface area contributed by atoms with Crippen molar-refractivity contribution in [2.75, 3.05) is 39.6 Å². The van der Waals surface area contributed by atoms with Crippen LogP contribution in [0.3, 0.4) is 0 Å². The molecule has 0 aromatic carbocycles. The molecule has 0 aliphatic carbocycles. The summed E-state index contributed by atoms with van der Waals surface area (Å²) < 4.78 is 61.5. The second-order valence-corrected chi connectivity index (χ2v) is 36.5. The predicted molar refractivity (Wildman–Crippen MR) is 510 cm³/mol. The summed E-state index contributed by atoms with van der Waals surface area (Å²) in [4.78, 5) is 59.0. The third-order valence-corrected chi connectivity index (χ3v) is 23.5. The van der Waals surface area contributed by atoms with Gasteiger partial charge in [0.25, 0.3) is 0 Å². The van der Waals surface area contributed by atoms with Crippen LogP contribution in [0.4, 0.5) is 0 Å². The highest BCUT2D eigenvalue weighted by Crippen LogP contribution is 2.45. The van der Waals surface area contributed by atoms with Crippen molar-refractivity contribution in [2.24, 2.45) is 0 Å². The Kier molecular flexibility index (Phi) is 91.9. The standard InChI is InChI=1S/C103H184O16P2/c1-4-7-10-13-16-19-22-25-28-30-32-34-36-38-40-42-44-46-48-50-52-54-56-58-60-62-64-66-69-71-74-77-80-83-86-89-101(106)113-92-98(104)93-115-120(109,110)116-94-99(105)95-117-121(111,112)118-97-100(119-103(108)91-88-85-82-79-76-73-68-27-24-21-18-15-12-9-6-3)96-114-102(107)90-87-84-81-78-75-72-70-67-65-63-61-59-57-55-53-51-49-47-45-43-41-39-37-35-33-31-29-26-23-20-17-14-11-8-5-2/h7,10,16-17,19-20,25-29,32-35,38-41,68,98-100,104-105H,4-6,8-9,11-15,18,21-24,30-31,36-37,42-67,69-97H2,1-3H3,(H,109,110)(H,111,112)/b10-7-,19-16-,20-17-,28-25-,29-26-,34-32-,35-33-,40-38-,41-39-,68-27-. The Balaban J connectivity index is 4.38. The van der Waals surface area contributed by atoms with Crippen LogP contribution in [-0.2, 0) is 55.8 Å². The van der Waals surface area contributed by atoms with E-state index in [1.165, 1.54) is 270 Å². The monoisotopic (exact) mass is 1740 g/mol. The van der Waals surface area contributed by atoms with Gasteiger partial charge in [-0.3, -0.25) is 32.5 Å². The highest BCUT2D eigenvalue weighted by molar-refractivity contribution is 7.47. The van der Waals surface area contributed by atoms with Crippen LogP contribution in [0.5, 0.6) is 0 Å². The van der Waals surface area contributed by atoms with E-state index in [2.05, 4.69) is 142 Å². The first-order valence-corrected chi connectivity index (χ1v) is 52.8. The van der Waals surface area contributed by atoms with Crippen LogP contribution >= 0.6 is 15.6 Å². The Morgan fingerprint density at radius 2 is 0.438 bits per heavy atom. The number of aliphatic hydroxyl groups excluding tert-OH is 2. The number of hydrogen-bond donors (Lipinski definition) is 4. The molecule has 0 rings (SSSR count).